The number of ether oxygens (including phenoxy) is 1. The Morgan fingerprint density at radius 3 is 2.59 bits per heavy atom. The summed E-state index contributed by atoms with van der Waals surface area (Å²) in [6.45, 7) is 3.80. The number of aryl methyl sites for hydroxylation is 1. The molecule has 90 valence electrons. The van der Waals surface area contributed by atoms with Crippen molar-refractivity contribution in [2.45, 2.75) is 26.7 Å². The van der Waals surface area contributed by atoms with Crippen LogP contribution < -0.4 is 0 Å². The molecule has 0 bridgehead atoms. The van der Waals surface area contributed by atoms with Crippen molar-refractivity contribution in [3.8, 4) is 6.07 Å². The first-order valence-electron chi connectivity index (χ1n) is 5.50. The summed E-state index contributed by atoms with van der Waals surface area (Å²) in [5.74, 6) is -1.10. The van der Waals surface area contributed by atoms with Crippen LogP contribution in [0.3, 0.4) is 0 Å². The smallest absolute Gasteiger partial charge is 0.310 e. The average Bonchev–Trinajstić information content (AvgIpc) is 2.31. The fourth-order valence-electron chi connectivity index (χ4n) is 1.58. The molecule has 1 rings (SSSR count). The predicted octanol–water partition coefficient (Wildman–Crippen LogP) is 2.37. The van der Waals surface area contributed by atoms with Gasteiger partial charge in [-0.3, -0.25) is 4.79 Å². The minimum Gasteiger partial charge on any atom is -0.466 e. The summed E-state index contributed by atoms with van der Waals surface area (Å²) >= 11 is 0. The van der Waals surface area contributed by atoms with Crippen molar-refractivity contribution in [2.24, 2.45) is 0 Å². The zero-order valence-electron chi connectivity index (χ0n) is 9.92. The van der Waals surface area contributed by atoms with Crippen LogP contribution in [0.15, 0.2) is 12.1 Å². The maximum atomic E-state index is 13.9. The number of esters is 1. The van der Waals surface area contributed by atoms with Gasteiger partial charge in [-0.1, -0.05) is 19.1 Å². The summed E-state index contributed by atoms with van der Waals surface area (Å²) in [5.41, 5.74) is 0.879. The number of carbonyl (C=O) groups is 1. The molecule has 17 heavy (non-hydrogen) atoms. The van der Waals surface area contributed by atoms with Crippen molar-refractivity contribution >= 4 is 5.97 Å². The summed E-state index contributed by atoms with van der Waals surface area (Å²) in [4.78, 5) is 11.2. The summed E-state index contributed by atoms with van der Waals surface area (Å²) < 4.78 is 18.6. The largest absolute Gasteiger partial charge is 0.466 e. The molecule has 0 heterocycles. The van der Waals surface area contributed by atoms with Crippen molar-refractivity contribution in [3.63, 3.8) is 0 Å². The molecular formula is C13H14FNO2. The molecule has 1 aromatic carbocycles. The summed E-state index contributed by atoms with van der Waals surface area (Å²) in [6.07, 6.45) is 0.442. The van der Waals surface area contributed by atoms with E-state index < -0.39 is 11.8 Å². The first-order valence-corrected chi connectivity index (χ1v) is 5.50. The van der Waals surface area contributed by atoms with Gasteiger partial charge in [0.1, 0.15) is 11.9 Å². The van der Waals surface area contributed by atoms with Gasteiger partial charge in [-0.2, -0.15) is 5.26 Å². The third-order valence-electron chi connectivity index (χ3n) is 2.44. The van der Waals surface area contributed by atoms with E-state index in [1.807, 2.05) is 13.0 Å². The van der Waals surface area contributed by atoms with Gasteiger partial charge in [-0.15, -0.1) is 0 Å². The van der Waals surface area contributed by atoms with Gasteiger partial charge in [0.25, 0.3) is 0 Å². The number of benzene rings is 1. The first kappa shape index (κ1) is 13.2. The monoisotopic (exact) mass is 235 g/mol. The van der Waals surface area contributed by atoms with Gasteiger partial charge in [0.15, 0.2) is 0 Å². The fraction of sp³-hybridized carbons (Fsp3) is 0.385. The quantitative estimate of drug-likeness (QED) is 0.753. The molecule has 0 aliphatic carbocycles. The van der Waals surface area contributed by atoms with Gasteiger partial charge >= 0.3 is 5.97 Å². The molecule has 0 fully saturated rings. The standard InChI is InChI=1S/C13H14FNO2/c1-3-9-5-6-10(7-12(16)17-4-2)13(14)11(9)8-15/h5-6H,3-4,7H2,1-2H3. The van der Waals surface area contributed by atoms with E-state index in [0.29, 0.717) is 12.0 Å². The van der Waals surface area contributed by atoms with Crippen molar-refractivity contribution < 1.29 is 13.9 Å². The molecule has 0 aromatic heterocycles. The lowest BCUT2D eigenvalue weighted by molar-refractivity contribution is -0.142. The van der Waals surface area contributed by atoms with Crippen molar-refractivity contribution in [1.29, 1.82) is 5.26 Å². The second kappa shape index (κ2) is 6.00. The van der Waals surface area contributed by atoms with Crippen LogP contribution in [0.1, 0.15) is 30.5 Å². The van der Waals surface area contributed by atoms with Crippen LogP contribution in [0, 0.1) is 17.1 Å². The highest BCUT2D eigenvalue weighted by atomic mass is 19.1. The Morgan fingerprint density at radius 2 is 2.06 bits per heavy atom. The maximum Gasteiger partial charge on any atom is 0.310 e. The number of carbonyl (C=O) groups excluding carboxylic acids is 1. The van der Waals surface area contributed by atoms with E-state index in [0.717, 1.165) is 0 Å². The Morgan fingerprint density at radius 1 is 1.41 bits per heavy atom. The highest BCUT2D eigenvalue weighted by molar-refractivity contribution is 5.73. The normalized spacial score (nSPS) is 9.76. The molecular weight excluding hydrogens is 221 g/mol. The molecule has 0 radical (unpaired) electrons. The van der Waals surface area contributed by atoms with Gasteiger partial charge in [-0.05, 0) is 18.9 Å². The van der Waals surface area contributed by atoms with Gasteiger partial charge in [0, 0.05) is 5.56 Å². The molecule has 0 spiro atoms. The minimum absolute atomic E-state index is 0.0225. The average molecular weight is 235 g/mol. The maximum absolute atomic E-state index is 13.9. The van der Waals surface area contributed by atoms with Crippen LogP contribution in [0.25, 0.3) is 0 Å². The topological polar surface area (TPSA) is 50.1 Å². The molecule has 0 N–H and O–H groups in total. The molecule has 3 nitrogen and oxygen atoms in total. The number of hydrogen-bond donors (Lipinski definition) is 0. The van der Waals surface area contributed by atoms with E-state index in [1.165, 1.54) is 6.07 Å². The fourth-order valence-corrected chi connectivity index (χ4v) is 1.58. The molecule has 0 amide bonds. The number of nitrogens with zero attached hydrogens (tertiary/aromatic N) is 1. The molecule has 0 unspecified atom stereocenters. The highest BCUT2D eigenvalue weighted by Crippen LogP contribution is 2.18. The second-order valence-corrected chi connectivity index (χ2v) is 3.52. The zero-order chi connectivity index (χ0) is 12.8. The van der Waals surface area contributed by atoms with E-state index >= 15 is 0 Å². The molecule has 0 saturated heterocycles. The van der Waals surface area contributed by atoms with E-state index in [2.05, 4.69) is 0 Å². The SMILES string of the molecule is CCOC(=O)Cc1ccc(CC)c(C#N)c1F. The van der Waals surface area contributed by atoms with E-state index in [4.69, 9.17) is 10.00 Å². The van der Waals surface area contributed by atoms with E-state index in [9.17, 15) is 9.18 Å². The summed E-state index contributed by atoms with van der Waals surface area (Å²) in [6, 6.07) is 5.04. The number of halogens is 1. The van der Waals surface area contributed by atoms with Gasteiger partial charge < -0.3 is 4.74 Å². The van der Waals surface area contributed by atoms with E-state index in [-0.39, 0.29) is 24.2 Å². The lowest BCUT2D eigenvalue weighted by Crippen LogP contribution is -2.10. The van der Waals surface area contributed by atoms with Crippen LogP contribution in [0.4, 0.5) is 4.39 Å². The highest BCUT2D eigenvalue weighted by Gasteiger charge is 2.15. The Kier molecular flexibility index (Phi) is 4.65. The number of nitriles is 1. The molecule has 0 atom stereocenters. The lowest BCUT2D eigenvalue weighted by atomic mass is 10.0. The van der Waals surface area contributed by atoms with Crippen LogP contribution in [-0.4, -0.2) is 12.6 Å². The number of hydrogen-bond acceptors (Lipinski definition) is 3. The molecule has 0 aliphatic heterocycles. The van der Waals surface area contributed by atoms with Crippen molar-refractivity contribution in [2.75, 3.05) is 6.61 Å². The Hall–Kier alpha value is -1.89. The summed E-state index contributed by atoms with van der Waals surface area (Å²) in [7, 11) is 0. The van der Waals surface area contributed by atoms with Crippen LogP contribution in [0.2, 0.25) is 0 Å². The zero-order valence-corrected chi connectivity index (χ0v) is 9.92. The van der Waals surface area contributed by atoms with Crippen molar-refractivity contribution in [3.05, 3.63) is 34.6 Å². The molecule has 1 aromatic rings. The van der Waals surface area contributed by atoms with Crippen molar-refractivity contribution in [1.82, 2.24) is 0 Å². The van der Waals surface area contributed by atoms with Gasteiger partial charge in [-0.25, -0.2) is 4.39 Å². The lowest BCUT2D eigenvalue weighted by Gasteiger charge is -2.07. The van der Waals surface area contributed by atoms with Crippen LogP contribution >= 0.6 is 0 Å². The first-order chi connectivity index (χ1) is 8.13. The number of rotatable bonds is 4. The van der Waals surface area contributed by atoms with E-state index in [1.54, 1.807) is 13.0 Å². The predicted molar refractivity (Wildman–Crippen MR) is 60.8 cm³/mol. The Labute approximate surface area is 99.8 Å². The minimum atomic E-state index is -0.611. The Balaban J connectivity index is 3.04. The molecule has 4 heteroatoms. The third-order valence-corrected chi connectivity index (χ3v) is 2.44. The van der Waals surface area contributed by atoms with Gasteiger partial charge in [0.2, 0.25) is 0 Å². The summed E-state index contributed by atoms with van der Waals surface area (Å²) in [5, 5.41) is 8.89. The van der Waals surface area contributed by atoms with Crippen LogP contribution in [-0.2, 0) is 22.4 Å². The molecule has 0 aliphatic rings. The van der Waals surface area contributed by atoms with Crippen LogP contribution in [0.5, 0.6) is 0 Å². The third kappa shape index (κ3) is 3.04. The van der Waals surface area contributed by atoms with Gasteiger partial charge in [0.05, 0.1) is 18.6 Å². The molecule has 0 saturated carbocycles. The second-order valence-electron chi connectivity index (χ2n) is 3.52. The Bertz CT molecular complexity index is 463.